The van der Waals surface area contributed by atoms with Crippen LogP contribution in [-0.2, 0) is 27.4 Å². The van der Waals surface area contributed by atoms with Crippen LogP contribution in [0.2, 0.25) is 0 Å². The van der Waals surface area contributed by atoms with Gasteiger partial charge in [-0.15, -0.1) is 0 Å². The number of carbonyl (C=O) groups is 2. The maximum atomic E-state index is 12.9. The Bertz CT molecular complexity index is 1090. The second kappa shape index (κ2) is 11.7. The summed E-state index contributed by atoms with van der Waals surface area (Å²) < 4.78 is 5.51. The summed E-state index contributed by atoms with van der Waals surface area (Å²) in [4.78, 5) is 32.7. The van der Waals surface area contributed by atoms with Crippen LogP contribution in [0.25, 0.3) is 10.9 Å². The Balaban J connectivity index is 1.68. The number of nitrogens with two attached hydrogens (primary N) is 3. The molecule has 0 unspecified atom stereocenters. The molecule has 9 nitrogen and oxygen atoms in total. The molecule has 0 aliphatic carbocycles. The molecule has 0 fully saturated rings. The molecule has 9 heteroatoms. The molecule has 0 spiro atoms. The fraction of sp³-hybridized carbons (Fsp3) is 0.292. The average Bonchev–Trinajstić information content (AvgIpc) is 3.23. The zero-order valence-electron chi connectivity index (χ0n) is 18.4. The summed E-state index contributed by atoms with van der Waals surface area (Å²) in [5.41, 5.74) is 19.4. The van der Waals surface area contributed by atoms with Crippen molar-refractivity contribution >= 4 is 28.7 Å². The average molecular weight is 451 g/mol. The van der Waals surface area contributed by atoms with E-state index in [1.54, 1.807) is 0 Å². The maximum absolute atomic E-state index is 12.9. The Morgan fingerprint density at radius 3 is 2.55 bits per heavy atom. The third-order valence-corrected chi connectivity index (χ3v) is 5.23. The van der Waals surface area contributed by atoms with Crippen LogP contribution in [0.5, 0.6) is 0 Å². The van der Waals surface area contributed by atoms with Gasteiger partial charge in [0.25, 0.3) is 0 Å². The highest BCUT2D eigenvalue weighted by Gasteiger charge is 2.26. The lowest BCUT2D eigenvalue weighted by atomic mass is 10.0. The maximum Gasteiger partial charge on any atom is 0.329 e. The SMILES string of the molecule is NC(N)=NCCC[C@H](N)C(=O)N[C@H](Cc1c[nH]c2ccccc12)C(=O)OCc1ccccc1. The first-order valence-corrected chi connectivity index (χ1v) is 10.8. The molecule has 1 aromatic heterocycles. The Labute approximate surface area is 192 Å². The second-order valence-corrected chi connectivity index (χ2v) is 7.77. The number of esters is 1. The molecule has 174 valence electrons. The van der Waals surface area contributed by atoms with Gasteiger partial charge in [-0.05, 0) is 30.0 Å². The number of aliphatic imine (C=N–C) groups is 1. The minimum atomic E-state index is -0.885. The van der Waals surface area contributed by atoms with Crippen molar-refractivity contribution in [3.05, 3.63) is 71.9 Å². The topological polar surface area (TPSA) is 162 Å². The molecule has 3 rings (SSSR count). The lowest BCUT2D eigenvalue weighted by molar-refractivity contribution is -0.149. The molecule has 3 aromatic rings. The molecule has 1 heterocycles. The van der Waals surface area contributed by atoms with Crippen molar-refractivity contribution in [1.82, 2.24) is 10.3 Å². The summed E-state index contributed by atoms with van der Waals surface area (Å²) in [5, 5.41) is 3.75. The molecule has 2 aromatic carbocycles. The van der Waals surface area contributed by atoms with E-state index in [1.807, 2.05) is 60.8 Å². The summed E-state index contributed by atoms with van der Waals surface area (Å²) in [6, 6.07) is 15.4. The molecule has 2 atom stereocenters. The zero-order valence-corrected chi connectivity index (χ0v) is 18.4. The number of carbonyl (C=O) groups excluding carboxylic acids is 2. The van der Waals surface area contributed by atoms with E-state index >= 15 is 0 Å². The molecule has 0 saturated carbocycles. The van der Waals surface area contributed by atoms with E-state index in [1.165, 1.54) is 0 Å². The predicted molar refractivity (Wildman–Crippen MR) is 128 cm³/mol. The summed E-state index contributed by atoms with van der Waals surface area (Å²) in [5.74, 6) is -0.959. The van der Waals surface area contributed by atoms with Crippen molar-refractivity contribution < 1.29 is 14.3 Å². The highest BCUT2D eigenvalue weighted by Crippen LogP contribution is 2.19. The number of fused-ring (bicyclic) bond motifs is 1. The summed E-state index contributed by atoms with van der Waals surface area (Å²) >= 11 is 0. The number of nitrogens with zero attached hydrogens (tertiary/aromatic N) is 1. The van der Waals surface area contributed by atoms with Gasteiger partial charge in [0.15, 0.2) is 5.96 Å². The number of hydrogen-bond donors (Lipinski definition) is 5. The van der Waals surface area contributed by atoms with Gasteiger partial charge in [0.1, 0.15) is 12.6 Å². The number of H-pyrrole nitrogens is 1. The van der Waals surface area contributed by atoms with Crippen LogP contribution in [0.1, 0.15) is 24.0 Å². The van der Waals surface area contributed by atoms with Gasteiger partial charge in [-0.25, -0.2) is 4.79 Å². The number of ether oxygens (including phenoxy) is 1. The number of benzene rings is 2. The van der Waals surface area contributed by atoms with E-state index in [2.05, 4.69) is 15.3 Å². The third kappa shape index (κ3) is 7.08. The van der Waals surface area contributed by atoms with Crippen molar-refractivity contribution in [3.8, 4) is 0 Å². The zero-order chi connectivity index (χ0) is 23.6. The van der Waals surface area contributed by atoms with Gasteiger partial charge < -0.3 is 32.2 Å². The molecule has 0 aliphatic rings. The number of aromatic amines is 1. The molecule has 33 heavy (non-hydrogen) atoms. The van der Waals surface area contributed by atoms with Crippen molar-refractivity contribution in [2.24, 2.45) is 22.2 Å². The van der Waals surface area contributed by atoms with E-state index < -0.39 is 24.0 Å². The molecular formula is C24H30N6O3. The minimum Gasteiger partial charge on any atom is -0.459 e. The lowest BCUT2D eigenvalue weighted by Gasteiger charge is -2.20. The van der Waals surface area contributed by atoms with Crippen LogP contribution in [0, 0.1) is 0 Å². The van der Waals surface area contributed by atoms with Gasteiger partial charge in [0.05, 0.1) is 6.04 Å². The summed E-state index contributed by atoms with van der Waals surface area (Å²) in [6.45, 7) is 0.492. The Kier molecular flexibility index (Phi) is 8.43. The Hall–Kier alpha value is -3.85. The first-order chi connectivity index (χ1) is 15.9. The number of amides is 1. The van der Waals surface area contributed by atoms with E-state index in [-0.39, 0.29) is 19.0 Å². The number of hydrogen-bond acceptors (Lipinski definition) is 5. The van der Waals surface area contributed by atoms with Gasteiger partial charge in [0.2, 0.25) is 5.91 Å². The molecule has 0 bridgehead atoms. The van der Waals surface area contributed by atoms with E-state index in [0.717, 1.165) is 22.0 Å². The van der Waals surface area contributed by atoms with Crippen LogP contribution in [-0.4, -0.2) is 41.4 Å². The standard InChI is InChI=1S/C24H30N6O3/c25-19(10-6-12-28-24(26)27)22(31)30-21(23(32)33-15-16-7-2-1-3-8-16)13-17-14-29-20-11-5-4-9-18(17)20/h1-5,7-9,11,14,19,21,29H,6,10,12-13,15,25H2,(H,30,31)(H4,26,27,28)/t19-,21+/m0/s1. The molecule has 8 N–H and O–H groups in total. The quantitative estimate of drug-likeness (QED) is 0.128. The molecule has 0 aliphatic heterocycles. The van der Waals surface area contributed by atoms with Crippen LogP contribution in [0.4, 0.5) is 0 Å². The Morgan fingerprint density at radius 2 is 1.79 bits per heavy atom. The number of guanidine groups is 1. The van der Waals surface area contributed by atoms with Crippen molar-refractivity contribution in [1.29, 1.82) is 0 Å². The third-order valence-electron chi connectivity index (χ3n) is 5.23. The van der Waals surface area contributed by atoms with Crippen LogP contribution < -0.4 is 22.5 Å². The summed E-state index contributed by atoms with van der Waals surface area (Å²) in [6.07, 6.45) is 3.02. The Morgan fingerprint density at radius 1 is 1.06 bits per heavy atom. The van der Waals surface area contributed by atoms with Gasteiger partial charge in [-0.1, -0.05) is 48.5 Å². The second-order valence-electron chi connectivity index (χ2n) is 7.77. The van der Waals surface area contributed by atoms with Crippen LogP contribution >= 0.6 is 0 Å². The van der Waals surface area contributed by atoms with Gasteiger partial charge in [-0.2, -0.15) is 0 Å². The fourth-order valence-corrected chi connectivity index (χ4v) is 3.47. The molecular weight excluding hydrogens is 420 g/mol. The fourth-order valence-electron chi connectivity index (χ4n) is 3.47. The molecule has 1 amide bonds. The smallest absolute Gasteiger partial charge is 0.329 e. The van der Waals surface area contributed by atoms with Gasteiger partial charge in [-0.3, -0.25) is 9.79 Å². The van der Waals surface area contributed by atoms with E-state index in [9.17, 15) is 9.59 Å². The molecule has 0 saturated heterocycles. The first-order valence-electron chi connectivity index (χ1n) is 10.8. The molecule has 0 radical (unpaired) electrons. The number of rotatable bonds is 11. The minimum absolute atomic E-state index is 0.00650. The highest BCUT2D eigenvalue weighted by atomic mass is 16.5. The van der Waals surface area contributed by atoms with Crippen molar-refractivity contribution in [2.45, 2.75) is 38.0 Å². The first kappa shape index (κ1) is 23.8. The highest BCUT2D eigenvalue weighted by molar-refractivity contribution is 5.89. The largest absolute Gasteiger partial charge is 0.459 e. The van der Waals surface area contributed by atoms with Crippen LogP contribution in [0.3, 0.4) is 0 Å². The predicted octanol–water partition coefficient (Wildman–Crippen LogP) is 1.32. The van der Waals surface area contributed by atoms with Gasteiger partial charge >= 0.3 is 5.97 Å². The van der Waals surface area contributed by atoms with Crippen LogP contribution in [0.15, 0.2) is 65.8 Å². The van der Waals surface area contributed by atoms with E-state index in [0.29, 0.717) is 19.4 Å². The normalized spacial score (nSPS) is 12.6. The van der Waals surface area contributed by atoms with E-state index in [4.69, 9.17) is 21.9 Å². The van der Waals surface area contributed by atoms with Crippen molar-refractivity contribution in [2.75, 3.05) is 6.54 Å². The number of aromatic nitrogens is 1. The number of para-hydroxylation sites is 1. The van der Waals surface area contributed by atoms with Crippen molar-refractivity contribution in [3.63, 3.8) is 0 Å². The monoisotopic (exact) mass is 450 g/mol. The lowest BCUT2D eigenvalue weighted by Crippen LogP contribution is -2.49. The van der Waals surface area contributed by atoms with Gasteiger partial charge in [0, 0.05) is 30.1 Å². The number of nitrogens with one attached hydrogen (secondary N) is 2. The summed E-state index contributed by atoms with van der Waals surface area (Å²) in [7, 11) is 0.